The fraction of sp³-hybridized carbons (Fsp3) is 0.889. The molecule has 0 N–H and O–H groups in total. The highest BCUT2D eigenvalue weighted by atomic mass is 16.1. The zero-order valence-corrected chi connectivity index (χ0v) is 14.2. The van der Waals surface area contributed by atoms with Gasteiger partial charge in [-0.1, -0.05) is 41.5 Å². The van der Waals surface area contributed by atoms with E-state index < -0.39 is 0 Å². The minimum atomic E-state index is -0.209. The van der Waals surface area contributed by atoms with Crippen molar-refractivity contribution in [2.45, 2.75) is 80.1 Å². The Kier molecular flexibility index (Phi) is 5.57. The summed E-state index contributed by atoms with van der Waals surface area (Å²) in [5.74, 6) is 1.68. The van der Waals surface area contributed by atoms with E-state index in [9.17, 15) is 9.59 Å². The van der Waals surface area contributed by atoms with Crippen molar-refractivity contribution in [3.8, 4) is 0 Å². The summed E-state index contributed by atoms with van der Waals surface area (Å²) in [4.78, 5) is 24.2. The third-order valence-electron chi connectivity index (χ3n) is 4.57. The molecule has 0 aliphatic heterocycles. The van der Waals surface area contributed by atoms with Gasteiger partial charge < -0.3 is 0 Å². The summed E-state index contributed by atoms with van der Waals surface area (Å²) in [5, 5.41) is 0. The standard InChI is InChI=1S/C18H32O2/c1-17(2,3)15(19)12-9-13-7-10-14(11-8-13)16(20)18(4,5)6/h13-14H,7-12H2,1-6H3. The molecule has 2 nitrogen and oxygen atoms in total. The molecule has 0 atom stereocenters. The van der Waals surface area contributed by atoms with Crippen LogP contribution < -0.4 is 0 Å². The molecule has 1 saturated carbocycles. The molecular weight excluding hydrogens is 248 g/mol. The summed E-state index contributed by atoms with van der Waals surface area (Å²) in [6, 6.07) is 0. The van der Waals surface area contributed by atoms with Gasteiger partial charge in [0.05, 0.1) is 0 Å². The van der Waals surface area contributed by atoms with Crippen molar-refractivity contribution in [3.05, 3.63) is 0 Å². The molecule has 0 unspecified atom stereocenters. The Hall–Kier alpha value is -0.660. The average Bonchev–Trinajstić information content (AvgIpc) is 2.33. The molecule has 0 saturated heterocycles. The summed E-state index contributed by atoms with van der Waals surface area (Å²) in [6.45, 7) is 12.0. The number of ketones is 2. The van der Waals surface area contributed by atoms with E-state index in [1.807, 2.05) is 41.5 Å². The molecule has 1 rings (SSSR count). The quantitative estimate of drug-likeness (QED) is 0.741. The Labute approximate surface area is 124 Å². The number of hydrogen-bond donors (Lipinski definition) is 0. The predicted octanol–water partition coefficient (Wildman–Crippen LogP) is 4.80. The average molecular weight is 280 g/mol. The van der Waals surface area contributed by atoms with Crippen molar-refractivity contribution in [2.75, 3.05) is 0 Å². The molecule has 0 aromatic carbocycles. The van der Waals surface area contributed by atoms with Crippen LogP contribution in [0.1, 0.15) is 80.1 Å². The molecule has 1 aliphatic rings. The van der Waals surface area contributed by atoms with Gasteiger partial charge in [0, 0.05) is 23.2 Å². The normalized spacial score (nSPS) is 24.5. The lowest BCUT2D eigenvalue weighted by Gasteiger charge is -2.31. The lowest BCUT2D eigenvalue weighted by atomic mass is 9.72. The van der Waals surface area contributed by atoms with Gasteiger partial charge in [-0.25, -0.2) is 0 Å². The largest absolute Gasteiger partial charge is 0.299 e. The molecule has 0 radical (unpaired) electrons. The van der Waals surface area contributed by atoms with Gasteiger partial charge in [0.1, 0.15) is 11.6 Å². The van der Waals surface area contributed by atoms with E-state index in [1.165, 1.54) is 0 Å². The summed E-state index contributed by atoms with van der Waals surface area (Å²) in [6.07, 6.45) is 5.97. The topological polar surface area (TPSA) is 34.1 Å². The molecule has 0 amide bonds. The second kappa shape index (κ2) is 6.41. The van der Waals surface area contributed by atoms with Crippen LogP contribution in [0.2, 0.25) is 0 Å². The summed E-state index contributed by atoms with van der Waals surface area (Å²) in [5.41, 5.74) is -0.418. The summed E-state index contributed by atoms with van der Waals surface area (Å²) >= 11 is 0. The van der Waals surface area contributed by atoms with Crippen LogP contribution in [0.5, 0.6) is 0 Å². The van der Waals surface area contributed by atoms with Crippen LogP contribution >= 0.6 is 0 Å². The van der Waals surface area contributed by atoms with Crippen LogP contribution in [0.3, 0.4) is 0 Å². The SMILES string of the molecule is CC(C)(C)C(=O)CCC1CCC(C(=O)C(C)(C)C)CC1. The first-order valence-corrected chi connectivity index (χ1v) is 8.09. The minimum Gasteiger partial charge on any atom is -0.299 e. The van der Waals surface area contributed by atoms with E-state index >= 15 is 0 Å². The van der Waals surface area contributed by atoms with Gasteiger partial charge in [0.2, 0.25) is 0 Å². The van der Waals surface area contributed by atoms with Gasteiger partial charge in [0.15, 0.2) is 0 Å². The Morgan fingerprint density at radius 2 is 1.35 bits per heavy atom. The number of carbonyl (C=O) groups is 2. The smallest absolute Gasteiger partial charge is 0.141 e. The molecule has 0 aromatic rings. The molecule has 0 bridgehead atoms. The number of Topliss-reactive ketones (excluding diaryl/α,β-unsaturated/α-hetero) is 2. The Balaban J connectivity index is 2.37. The predicted molar refractivity (Wildman–Crippen MR) is 83.6 cm³/mol. The Morgan fingerprint density at radius 3 is 1.75 bits per heavy atom. The molecule has 2 heteroatoms. The molecule has 0 spiro atoms. The first-order valence-electron chi connectivity index (χ1n) is 8.09. The third kappa shape index (κ3) is 5.03. The Morgan fingerprint density at radius 1 is 0.850 bits per heavy atom. The maximum absolute atomic E-state index is 12.3. The van der Waals surface area contributed by atoms with Gasteiger partial charge in [-0.15, -0.1) is 0 Å². The highest BCUT2D eigenvalue weighted by Crippen LogP contribution is 2.36. The minimum absolute atomic E-state index is 0.209. The molecule has 0 aromatic heterocycles. The summed E-state index contributed by atoms with van der Waals surface area (Å²) in [7, 11) is 0. The van der Waals surface area contributed by atoms with Crippen molar-refractivity contribution in [2.24, 2.45) is 22.7 Å². The van der Waals surface area contributed by atoms with Crippen LogP contribution in [0, 0.1) is 22.7 Å². The molecular formula is C18H32O2. The highest BCUT2D eigenvalue weighted by molar-refractivity contribution is 5.86. The maximum atomic E-state index is 12.3. The van der Waals surface area contributed by atoms with Crippen molar-refractivity contribution in [3.63, 3.8) is 0 Å². The van der Waals surface area contributed by atoms with E-state index in [4.69, 9.17) is 0 Å². The van der Waals surface area contributed by atoms with E-state index in [1.54, 1.807) is 0 Å². The first-order chi connectivity index (χ1) is 9.01. The molecule has 116 valence electrons. The van der Waals surface area contributed by atoms with E-state index in [-0.39, 0.29) is 16.7 Å². The molecule has 1 aliphatic carbocycles. The van der Waals surface area contributed by atoms with Crippen molar-refractivity contribution in [1.29, 1.82) is 0 Å². The third-order valence-corrected chi connectivity index (χ3v) is 4.57. The lowest BCUT2D eigenvalue weighted by Crippen LogP contribution is -2.31. The van der Waals surface area contributed by atoms with Gasteiger partial charge in [-0.3, -0.25) is 9.59 Å². The Bertz CT molecular complexity index is 347. The van der Waals surface area contributed by atoms with Gasteiger partial charge >= 0.3 is 0 Å². The van der Waals surface area contributed by atoms with Crippen molar-refractivity contribution in [1.82, 2.24) is 0 Å². The fourth-order valence-electron chi connectivity index (χ4n) is 3.04. The van der Waals surface area contributed by atoms with E-state index in [0.717, 1.165) is 32.1 Å². The van der Waals surface area contributed by atoms with Crippen LogP contribution in [-0.2, 0) is 9.59 Å². The molecule has 1 fully saturated rings. The lowest BCUT2D eigenvalue weighted by molar-refractivity contribution is -0.132. The monoisotopic (exact) mass is 280 g/mol. The molecule has 0 heterocycles. The summed E-state index contributed by atoms with van der Waals surface area (Å²) < 4.78 is 0. The number of hydrogen-bond acceptors (Lipinski definition) is 2. The fourth-order valence-corrected chi connectivity index (χ4v) is 3.04. The zero-order chi connectivity index (χ0) is 15.6. The van der Waals surface area contributed by atoms with Gasteiger partial charge in [-0.2, -0.15) is 0 Å². The van der Waals surface area contributed by atoms with Gasteiger partial charge in [0.25, 0.3) is 0 Å². The zero-order valence-electron chi connectivity index (χ0n) is 14.2. The van der Waals surface area contributed by atoms with Crippen LogP contribution in [0.25, 0.3) is 0 Å². The first kappa shape index (κ1) is 17.4. The number of carbonyl (C=O) groups excluding carboxylic acids is 2. The molecule has 20 heavy (non-hydrogen) atoms. The van der Waals surface area contributed by atoms with Crippen LogP contribution in [-0.4, -0.2) is 11.6 Å². The van der Waals surface area contributed by atoms with E-state index in [2.05, 4.69) is 0 Å². The van der Waals surface area contributed by atoms with E-state index in [0.29, 0.717) is 23.9 Å². The number of rotatable bonds is 4. The van der Waals surface area contributed by atoms with Crippen LogP contribution in [0.15, 0.2) is 0 Å². The van der Waals surface area contributed by atoms with Crippen molar-refractivity contribution < 1.29 is 9.59 Å². The maximum Gasteiger partial charge on any atom is 0.141 e. The second-order valence-corrected chi connectivity index (χ2v) is 8.54. The van der Waals surface area contributed by atoms with Crippen LogP contribution in [0.4, 0.5) is 0 Å². The second-order valence-electron chi connectivity index (χ2n) is 8.54. The van der Waals surface area contributed by atoms with Crippen molar-refractivity contribution >= 4 is 11.6 Å². The van der Waals surface area contributed by atoms with Gasteiger partial charge in [-0.05, 0) is 38.0 Å². The highest BCUT2D eigenvalue weighted by Gasteiger charge is 2.33.